The molecular weight excluding hydrogens is 244 g/mol. The number of carboxylic acid groups (broad SMARTS) is 1. The van der Waals surface area contributed by atoms with Crippen molar-refractivity contribution in [1.29, 1.82) is 0 Å². The molecule has 88 valence electrons. The van der Waals surface area contributed by atoms with Crippen LogP contribution in [0.1, 0.15) is 19.4 Å². The minimum atomic E-state index is -0.748. The molecule has 1 unspecified atom stereocenters. The Morgan fingerprint density at radius 1 is 1.50 bits per heavy atom. The summed E-state index contributed by atoms with van der Waals surface area (Å²) in [5.74, 6) is 0.0547. The molecule has 0 amide bonds. The number of hydrogen-bond acceptors (Lipinski definition) is 2. The van der Waals surface area contributed by atoms with Gasteiger partial charge in [0.25, 0.3) is 0 Å². The standard InChI is InChI=1S/C12H15ClO2S/c1-8(2)11(12(14)15)16-7-9-4-3-5-10(13)6-9/h3-6,8,11H,7H2,1-2H3,(H,14,15). The van der Waals surface area contributed by atoms with Gasteiger partial charge < -0.3 is 5.11 Å². The molecule has 0 heterocycles. The molecule has 2 nitrogen and oxygen atoms in total. The number of carboxylic acids is 1. The van der Waals surface area contributed by atoms with Crippen molar-refractivity contribution in [2.24, 2.45) is 5.92 Å². The van der Waals surface area contributed by atoms with E-state index in [0.29, 0.717) is 10.8 Å². The van der Waals surface area contributed by atoms with Crippen molar-refractivity contribution in [1.82, 2.24) is 0 Å². The zero-order valence-electron chi connectivity index (χ0n) is 9.31. The Bertz CT molecular complexity index is 366. The molecule has 0 fully saturated rings. The van der Waals surface area contributed by atoms with Crippen LogP contribution in [0.15, 0.2) is 24.3 Å². The smallest absolute Gasteiger partial charge is 0.316 e. The molecule has 16 heavy (non-hydrogen) atoms. The van der Waals surface area contributed by atoms with Crippen LogP contribution in [-0.4, -0.2) is 16.3 Å². The fraction of sp³-hybridized carbons (Fsp3) is 0.417. The Morgan fingerprint density at radius 3 is 2.69 bits per heavy atom. The van der Waals surface area contributed by atoms with Gasteiger partial charge in [0.1, 0.15) is 5.25 Å². The van der Waals surface area contributed by atoms with Gasteiger partial charge in [0.15, 0.2) is 0 Å². The Kier molecular flexibility index (Phi) is 5.16. The van der Waals surface area contributed by atoms with Crippen LogP contribution in [0.2, 0.25) is 5.02 Å². The number of hydrogen-bond donors (Lipinski definition) is 1. The van der Waals surface area contributed by atoms with Crippen LogP contribution in [0.3, 0.4) is 0 Å². The third-order valence-corrected chi connectivity index (χ3v) is 4.01. The summed E-state index contributed by atoms with van der Waals surface area (Å²) in [4.78, 5) is 11.0. The van der Waals surface area contributed by atoms with Crippen molar-refractivity contribution in [3.63, 3.8) is 0 Å². The van der Waals surface area contributed by atoms with E-state index in [1.165, 1.54) is 11.8 Å². The van der Waals surface area contributed by atoms with Crippen LogP contribution in [0, 0.1) is 5.92 Å². The Balaban J connectivity index is 2.59. The normalized spacial score (nSPS) is 12.8. The van der Waals surface area contributed by atoms with Crippen molar-refractivity contribution in [3.05, 3.63) is 34.9 Å². The van der Waals surface area contributed by atoms with Crippen LogP contribution >= 0.6 is 23.4 Å². The average molecular weight is 259 g/mol. The predicted molar refractivity (Wildman–Crippen MR) is 69.0 cm³/mol. The number of thioether (sulfide) groups is 1. The van der Waals surface area contributed by atoms with Crippen LogP contribution in [-0.2, 0) is 10.5 Å². The van der Waals surface area contributed by atoms with E-state index >= 15 is 0 Å². The van der Waals surface area contributed by atoms with Gasteiger partial charge in [0.05, 0.1) is 0 Å². The summed E-state index contributed by atoms with van der Waals surface area (Å²) in [5, 5.41) is 9.36. The van der Waals surface area contributed by atoms with Crippen molar-refractivity contribution in [2.45, 2.75) is 24.9 Å². The minimum absolute atomic E-state index is 0.127. The number of halogens is 1. The van der Waals surface area contributed by atoms with Gasteiger partial charge in [-0.15, -0.1) is 11.8 Å². The first-order chi connectivity index (χ1) is 7.50. The molecule has 0 bridgehead atoms. The van der Waals surface area contributed by atoms with Gasteiger partial charge in [0, 0.05) is 10.8 Å². The second kappa shape index (κ2) is 6.16. The summed E-state index contributed by atoms with van der Waals surface area (Å²) in [7, 11) is 0. The van der Waals surface area contributed by atoms with Crippen molar-refractivity contribution in [2.75, 3.05) is 0 Å². The summed E-state index contributed by atoms with van der Waals surface area (Å²) >= 11 is 7.30. The molecule has 0 aliphatic rings. The van der Waals surface area contributed by atoms with E-state index in [0.717, 1.165) is 5.56 Å². The minimum Gasteiger partial charge on any atom is -0.480 e. The molecule has 1 rings (SSSR count). The number of carbonyl (C=O) groups is 1. The van der Waals surface area contributed by atoms with Crippen LogP contribution in [0.5, 0.6) is 0 Å². The van der Waals surface area contributed by atoms with E-state index in [9.17, 15) is 4.79 Å². The van der Waals surface area contributed by atoms with E-state index in [1.54, 1.807) is 0 Å². The first-order valence-electron chi connectivity index (χ1n) is 5.09. The molecule has 4 heteroatoms. The SMILES string of the molecule is CC(C)C(SCc1cccc(Cl)c1)C(=O)O. The van der Waals surface area contributed by atoms with Crippen molar-refractivity contribution >= 4 is 29.3 Å². The summed E-state index contributed by atoms with van der Waals surface area (Å²) in [6.07, 6.45) is 0. The molecule has 1 atom stereocenters. The maximum absolute atomic E-state index is 11.0. The van der Waals surface area contributed by atoms with Crippen molar-refractivity contribution in [3.8, 4) is 0 Å². The quantitative estimate of drug-likeness (QED) is 0.875. The van der Waals surface area contributed by atoms with E-state index in [4.69, 9.17) is 16.7 Å². The average Bonchev–Trinajstić information content (AvgIpc) is 2.16. The molecule has 0 radical (unpaired) electrons. The molecule has 1 N–H and O–H groups in total. The summed E-state index contributed by atoms with van der Waals surface area (Å²) in [6, 6.07) is 7.52. The predicted octanol–water partition coefficient (Wildman–Crippen LogP) is 3.68. The second-order valence-electron chi connectivity index (χ2n) is 3.94. The van der Waals surface area contributed by atoms with Gasteiger partial charge in [0.2, 0.25) is 0 Å². The highest BCUT2D eigenvalue weighted by Crippen LogP contribution is 2.25. The highest BCUT2D eigenvalue weighted by molar-refractivity contribution is 7.99. The first kappa shape index (κ1) is 13.4. The van der Waals surface area contributed by atoms with Gasteiger partial charge >= 0.3 is 5.97 Å². The summed E-state index contributed by atoms with van der Waals surface area (Å²) in [5.41, 5.74) is 1.06. The fourth-order valence-electron chi connectivity index (χ4n) is 1.36. The molecule has 0 aromatic heterocycles. The van der Waals surface area contributed by atoms with Crippen LogP contribution in [0.4, 0.5) is 0 Å². The molecule has 0 aliphatic heterocycles. The monoisotopic (exact) mass is 258 g/mol. The third-order valence-electron chi connectivity index (χ3n) is 2.17. The molecule has 1 aromatic rings. The second-order valence-corrected chi connectivity index (χ2v) is 5.51. The van der Waals surface area contributed by atoms with E-state index in [-0.39, 0.29) is 11.2 Å². The molecule has 0 spiro atoms. The Hall–Kier alpha value is -0.670. The highest BCUT2D eigenvalue weighted by Gasteiger charge is 2.21. The summed E-state index contributed by atoms with van der Waals surface area (Å²) in [6.45, 7) is 3.84. The maximum Gasteiger partial charge on any atom is 0.316 e. The maximum atomic E-state index is 11.0. The summed E-state index contributed by atoms with van der Waals surface area (Å²) < 4.78 is 0. The zero-order chi connectivity index (χ0) is 12.1. The van der Waals surface area contributed by atoms with Crippen molar-refractivity contribution < 1.29 is 9.90 Å². The number of benzene rings is 1. The van der Waals surface area contributed by atoms with Gasteiger partial charge in [-0.3, -0.25) is 4.79 Å². The molecule has 0 aliphatic carbocycles. The molecule has 0 saturated carbocycles. The van der Waals surface area contributed by atoms with Crippen LogP contribution in [0.25, 0.3) is 0 Å². The topological polar surface area (TPSA) is 37.3 Å². The third kappa shape index (κ3) is 4.06. The largest absolute Gasteiger partial charge is 0.480 e. The Morgan fingerprint density at radius 2 is 2.19 bits per heavy atom. The molecular formula is C12H15ClO2S. The lowest BCUT2D eigenvalue weighted by Gasteiger charge is -2.15. The Labute approximate surface area is 105 Å². The molecule has 1 aromatic carbocycles. The zero-order valence-corrected chi connectivity index (χ0v) is 10.9. The number of aliphatic carboxylic acids is 1. The lowest BCUT2D eigenvalue weighted by Crippen LogP contribution is -2.22. The lowest BCUT2D eigenvalue weighted by molar-refractivity contribution is -0.137. The first-order valence-corrected chi connectivity index (χ1v) is 6.52. The van der Waals surface area contributed by atoms with Gasteiger partial charge in [-0.25, -0.2) is 0 Å². The van der Waals surface area contributed by atoms with E-state index < -0.39 is 5.97 Å². The fourth-order valence-corrected chi connectivity index (χ4v) is 2.65. The lowest BCUT2D eigenvalue weighted by atomic mass is 10.1. The van der Waals surface area contributed by atoms with E-state index in [1.807, 2.05) is 38.1 Å². The number of rotatable bonds is 5. The molecule has 0 saturated heterocycles. The van der Waals surface area contributed by atoms with Gasteiger partial charge in [-0.05, 0) is 23.6 Å². The van der Waals surface area contributed by atoms with E-state index in [2.05, 4.69) is 0 Å². The van der Waals surface area contributed by atoms with Gasteiger partial charge in [-0.2, -0.15) is 0 Å². The highest BCUT2D eigenvalue weighted by atomic mass is 35.5. The van der Waals surface area contributed by atoms with Gasteiger partial charge in [-0.1, -0.05) is 37.6 Å². The van der Waals surface area contributed by atoms with Crippen LogP contribution < -0.4 is 0 Å².